The van der Waals surface area contributed by atoms with Gasteiger partial charge < -0.3 is 9.15 Å². The molecule has 0 amide bonds. The first-order valence-corrected chi connectivity index (χ1v) is 5.29. The minimum atomic E-state index is 0.418. The molecule has 0 fully saturated rings. The summed E-state index contributed by atoms with van der Waals surface area (Å²) in [5.41, 5.74) is 3.09. The molecule has 1 aromatic heterocycles. The maximum Gasteiger partial charge on any atom is 0.181 e. The molecule has 0 aliphatic heterocycles. The Bertz CT molecular complexity index is 461. The van der Waals surface area contributed by atoms with Crippen LogP contribution in [0.3, 0.4) is 0 Å². The van der Waals surface area contributed by atoms with Crippen molar-refractivity contribution in [3.05, 3.63) is 36.4 Å². The summed E-state index contributed by atoms with van der Waals surface area (Å²) in [6.45, 7) is 4.29. The third-order valence-electron chi connectivity index (χ3n) is 2.58. The van der Waals surface area contributed by atoms with E-state index in [4.69, 9.17) is 9.15 Å². The molecule has 84 valence electrons. The molecule has 3 heteroatoms. The quantitative estimate of drug-likeness (QED) is 0.789. The average Bonchev–Trinajstić information content (AvgIpc) is 2.81. The highest BCUT2D eigenvalue weighted by atomic mass is 16.5. The van der Waals surface area contributed by atoms with Gasteiger partial charge in [0.2, 0.25) is 0 Å². The van der Waals surface area contributed by atoms with Crippen molar-refractivity contribution in [1.82, 2.24) is 4.98 Å². The molecule has 0 saturated carbocycles. The van der Waals surface area contributed by atoms with Crippen LogP contribution < -0.4 is 4.74 Å². The van der Waals surface area contributed by atoms with Gasteiger partial charge in [-0.3, -0.25) is 0 Å². The van der Waals surface area contributed by atoms with Gasteiger partial charge >= 0.3 is 0 Å². The maximum atomic E-state index is 5.34. The normalized spacial score (nSPS) is 10.8. The molecule has 2 aromatic rings. The van der Waals surface area contributed by atoms with E-state index in [1.807, 2.05) is 12.1 Å². The van der Waals surface area contributed by atoms with Crippen LogP contribution >= 0.6 is 0 Å². The van der Waals surface area contributed by atoms with Crippen molar-refractivity contribution < 1.29 is 9.15 Å². The molecule has 0 N–H and O–H groups in total. The van der Waals surface area contributed by atoms with Crippen LogP contribution in [-0.2, 0) is 0 Å². The molecule has 0 atom stereocenters. The highest BCUT2D eigenvalue weighted by molar-refractivity contribution is 5.61. The van der Waals surface area contributed by atoms with Crippen molar-refractivity contribution in [2.45, 2.75) is 19.8 Å². The Hall–Kier alpha value is -1.77. The van der Waals surface area contributed by atoms with Crippen molar-refractivity contribution in [3.8, 4) is 17.0 Å². The van der Waals surface area contributed by atoms with Gasteiger partial charge in [-0.25, -0.2) is 4.98 Å². The molecule has 0 unspecified atom stereocenters. The zero-order valence-electron chi connectivity index (χ0n) is 9.73. The van der Waals surface area contributed by atoms with E-state index >= 15 is 0 Å². The fourth-order valence-electron chi connectivity index (χ4n) is 1.70. The van der Waals surface area contributed by atoms with E-state index in [1.165, 1.54) is 12.0 Å². The molecule has 0 bridgehead atoms. The van der Waals surface area contributed by atoms with Gasteiger partial charge in [0.1, 0.15) is 17.7 Å². The van der Waals surface area contributed by atoms with Gasteiger partial charge in [-0.05, 0) is 29.7 Å². The second-order valence-corrected chi connectivity index (χ2v) is 3.99. The lowest BCUT2D eigenvalue weighted by atomic mass is 9.98. The first kappa shape index (κ1) is 10.7. The summed E-state index contributed by atoms with van der Waals surface area (Å²) in [6, 6.07) is 6.06. The van der Waals surface area contributed by atoms with Crippen LogP contribution in [0.5, 0.6) is 5.75 Å². The molecule has 2 rings (SSSR count). The zero-order valence-corrected chi connectivity index (χ0v) is 9.73. The number of ether oxygens (including phenoxy) is 1. The van der Waals surface area contributed by atoms with Crippen LogP contribution in [0, 0.1) is 0 Å². The lowest BCUT2D eigenvalue weighted by Crippen LogP contribution is -1.94. The second kappa shape index (κ2) is 4.39. The third-order valence-corrected chi connectivity index (χ3v) is 2.58. The van der Waals surface area contributed by atoms with E-state index in [9.17, 15) is 0 Å². The molecule has 0 radical (unpaired) electrons. The van der Waals surface area contributed by atoms with Gasteiger partial charge in [0.15, 0.2) is 6.39 Å². The Morgan fingerprint density at radius 2 is 2.12 bits per heavy atom. The van der Waals surface area contributed by atoms with Crippen LogP contribution in [0.2, 0.25) is 0 Å². The Morgan fingerprint density at radius 1 is 1.31 bits per heavy atom. The fourth-order valence-corrected chi connectivity index (χ4v) is 1.70. The molecular formula is C13H15NO2. The maximum absolute atomic E-state index is 5.34. The molecule has 0 saturated heterocycles. The number of hydrogen-bond donors (Lipinski definition) is 0. The van der Waals surface area contributed by atoms with Crippen LogP contribution in [0.1, 0.15) is 25.3 Å². The molecule has 1 aromatic carbocycles. The van der Waals surface area contributed by atoms with Crippen LogP contribution in [-0.4, -0.2) is 12.1 Å². The van der Waals surface area contributed by atoms with E-state index in [0.717, 1.165) is 17.0 Å². The van der Waals surface area contributed by atoms with Gasteiger partial charge in [0, 0.05) is 5.56 Å². The van der Waals surface area contributed by atoms with Crippen LogP contribution in [0.25, 0.3) is 11.3 Å². The number of rotatable bonds is 3. The molecule has 0 spiro atoms. The summed E-state index contributed by atoms with van der Waals surface area (Å²) in [4.78, 5) is 4.13. The Kier molecular flexibility index (Phi) is 2.95. The molecule has 3 nitrogen and oxygen atoms in total. The van der Waals surface area contributed by atoms with E-state index in [2.05, 4.69) is 24.9 Å². The minimum Gasteiger partial charge on any atom is -0.496 e. The molecular weight excluding hydrogens is 202 g/mol. The second-order valence-electron chi connectivity index (χ2n) is 3.99. The number of methoxy groups -OCH3 is 1. The largest absolute Gasteiger partial charge is 0.496 e. The summed E-state index contributed by atoms with van der Waals surface area (Å²) in [5, 5.41) is 0. The van der Waals surface area contributed by atoms with E-state index in [-0.39, 0.29) is 0 Å². The van der Waals surface area contributed by atoms with E-state index in [1.54, 1.807) is 13.4 Å². The summed E-state index contributed by atoms with van der Waals surface area (Å²) in [6.07, 6.45) is 3.08. The predicted molar refractivity (Wildman–Crippen MR) is 62.6 cm³/mol. The Balaban J connectivity index is 2.47. The monoisotopic (exact) mass is 217 g/mol. The lowest BCUT2D eigenvalue weighted by Gasteiger charge is -2.12. The fraction of sp³-hybridized carbons (Fsp3) is 0.308. The van der Waals surface area contributed by atoms with Crippen molar-refractivity contribution in [2.75, 3.05) is 7.11 Å². The van der Waals surface area contributed by atoms with Crippen LogP contribution in [0.4, 0.5) is 0 Å². The standard InChI is InChI=1S/C13H15NO2/c1-9(2)11-6-10(4-5-13(11)15-3)12-7-16-8-14-12/h4-9H,1-3H3. The Labute approximate surface area is 95.1 Å². The zero-order chi connectivity index (χ0) is 11.5. The first-order chi connectivity index (χ1) is 7.72. The summed E-state index contributed by atoms with van der Waals surface area (Å²) >= 11 is 0. The lowest BCUT2D eigenvalue weighted by molar-refractivity contribution is 0.407. The Morgan fingerprint density at radius 3 is 2.69 bits per heavy atom. The van der Waals surface area contributed by atoms with Gasteiger partial charge in [-0.1, -0.05) is 13.8 Å². The predicted octanol–water partition coefficient (Wildman–Crippen LogP) is 3.47. The topological polar surface area (TPSA) is 35.3 Å². The summed E-state index contributed by atoms with van der Waals surface area (Å²) < 4.78 is 10.3. The van der Waals surface area contributed by atoms with Gasteiger partial charge in [-0.2, -0.15) is 0 Å². The minimum absolute atomic E-state index is 0.418. The smallest absolute Gasteiger partial charge is 0.181 e. The number of hydrogen-bond acceptors (Lipinski definition) is 3. The number of benzene rings is 1. The molecule has 0 aliphatic rings. The van der Waals surface area contributed by atoms with Crippen molar-refractivity contribution in [1.29, 1.82) is 0 Å². The molecule has 0 aliphatic carbocycles. The third kappa shape index (κ3) is 1.94. The van der Waals surface area contributed by atoms with Crippen molar-refractivity contribution in [3.63, 3.8) is 0 Å². The number of nitrogens with zero attached hydrogens (tertiary/aromatic N) is 1. The first-order valence-electron chi connectivity index (χ1n) is 5.29. The highest BCUT2D eigenvalue weighted by Gasteiger charge is 2.10. The van der Waals surface area contributed by atoms with Gasteiger partial charge in [-0.15, -0.1) is 0 Å². The summed E-state index contributed by atoms with van der Waals surface area (Å²) in [7, 11) is 1.69. The SMILES string of the molecule is COc1ccc(-c2cocn2)cc1C(C)C. The molecule has 16 heavy (non-hydrogen) atoms. The van der Waals surface area contributed by atoms with Crippen LogP contribution in [0.15, 0.2) is 35.3 Å². The summed E-state index contributed by atoms with van der Waals surface area (Å²) in [5.74, 6) is 1.34. The van der Waals surface area contributed by atoms with E-state index in [0.29, 0.717) is 5.92 Å². The number of aromatic nitrogens is 1. The molecule has 1 heterocycles. The van der Waals surface area contributed by atoms with Crippen molar-refractivity contribution >= 4 is 0 Å². The van der Waals surface area contributed by atoms with Crippen molar-refractivity contribution in [2.24, 2.45) is 0 Å². The van der Waals surface area contributed by atoms with E-state index < -0.39 is 0 Å². The highest BCUT2D eigenvalue weighted by Crippen LogP contribution is 2.30. The average molecular weight is 217 g/mol. The van der Waals surface area contributed by atoms with Gasteiger partial charge in [0.05, 0.1) is 7.11 Å². The number of oxazole rings is 1. The van der Waals surface area contributed by atoms with Gasteiger partial charge in [0.25, 0.3) is 0 Å².